The summed E-state index contributed by atoms with van der Waals surface area (Å²) in [7, 11) is -3.76. The fourth-order valence-corrected chi connectivity index (χ4v) is 2.96. The molecule has 130 valence electrons. The van der Waals surface area contributed by atoms with Gasteiger partial charge in [-0.2, -0.15) is 0 Å². The summed E-state index contributed by atoms with van der Waals surface area (Å²) in [4.78, 5) is 11.4. The van der Waals surface area contributed by atoms with Crippen molar-refractivity contribution in [1.82, 2.24) is 10.0 Å². The van der Waals surface area contributed by atoms with Crippen LogP contribution in [-0.2, 0) is 14.8 Å². The molecular weight excluding hydrogens is 342 g/mol. The van der Waals surface area contributed by atoms with Crippen LogP contribution in [0.3, 0.4) is 0 Å². The highest BCUT2D eigenvalue weighted by molar-refractivity contribution is 7.89. The fourth-order valence-electron chi connectivity index (χ4n) is 1.58. The maximum absolute atomic E-state index is 12.2. The Morgan fingerprint density at radius 3 is 2.43 bits per heavy atom. The zero-order valence-electron chi connectivity index (χ0n) is 13.6. The van der Waals surface area contributed by atoms with Crippen molar-refractivity contribution in [3.8, 4) is 0 Å². The van der Waals surface area contributed by atoms with Gasteiger partial charge in [-0.1, -0.05) is 11.6 Å². The van der Waals surface area contributed by atoms with Gasteiger partial charge in [0.15, 0.2) is 0 Å². The summed E-state index contributed by atoms with van der Waals surface area (Å²) in [6.07, 6.45) is -0.612. The molecule has 0 atom stereocenters. The standard InChI is InChI=1S/C14H22ClN3O4S/c1-9-11(15)7-10(8-12(9)16)23(20,21)18-6-5-17-13(19)22-14(2,3)4/h7-8,18H,5-6,16H2,1-4H3,(H,17,19). The lowest BCUT2D eigenvalue weighted by Crippen LogP contribution is -2.37. The molecule has 0 fully saturated rings. The number of benzene rings is 1. The Morgan fingerprint density at radius 1 is 1.30 bits per heavy atom. The van der Waals surface area contributed by atoms with Crippen LogP contribution in [0.25, 0.3) is 0 Å². The molecule has 0 unspecified atom stereocenters. The predicted molar refractivity (Wildman–Crippen MR) is 90.0 cm³/mol. The van der Waals surface area contributed by atoms with Gasteiger partial charge >= 0.3 is 6.09 Å². The quantitative estimate of drug-likeness (QED) is 0.547. The Balaban J connectivity index is 2.59. The molecule has 4 N–H and O–H groups in total. The van der Waals surface area contributed by atoms with E-state index in [0.29, 0.717) is 11.3 Å². The molecule has 1 rings (SSSR count). The Hall–Kier alpha value is -1.51. The second kappa shape index (κ2) is 7.37. The molecule has 0 saturated carbocycles. The second-order valence-corrected chi connectivity index (χ2v) is 8.12. The predicted octanol–water partition coefficient (Wildman–Crippen LogP) is 2.03. The number of anilines is 1. The molecule has 0 aliphatic heterocycles. The summed E-state index contributed by atoms with van der Waals surface area (Å²) in [5.41, 5.74) is 6.03. The highest BCUT2D eigenvalue weighted by Crippen LogP contribution is 2.25. The van der Waals surface area contributed by atoms with Crippen LogP contribution in [0.2, 0.25) is 5.02 Å². The van der Waals surface area contributed by atoms with E-state index >= 15 is 0 Å². The molecule has 9 heteroatoms. The highest BCUT2D eigenvalue weighted by atomic mass is 35.5. The Bertz CT molecular complexity index is 661. The third-order valence-corrected chi connectivity index (χ3v) is 4.59. The minimum Gasteiger partial charge on any atom is -0.444 e. The van der Waals surface area contributed by atoms with Crippen molar-refractivity contribution in [2.45, 2.75) is 38.2 Å². The molecule has 0 bridgehead atoms. The molecular formula is C14H22ClN3O4S. The van der Waals surface area contributed by atoms with E-state index in [4.69, 9.17) is 22.1 Å². The molecule has 0 aliphatic rings. The molecule has 1 aromatic carbocycles. The van der Waals surface area contributed by atoms with Crippen molar-refractivity contribution in [2.24, 2.45) is 0 Å². The first kappa shape index (κ1) is 19.5. The number of sulfonamides is 1. The van der Waals surface area contributed by atoms with Gasteiger partial charge in [0.1, 0.15) is 5.60 Å². The van der Waals surface area contributed by atoms with Crippen LogP contribution in [0.4, 0.5) is 10.5 Å². The lowest BCUT2D eigenvalue weighted by Gasteiger charge is -2.19. The zero-order valence-corrected chi connectivity index (χ0v) is 15.1. The Morgan fingerprint density at radius 2 is 1.91 bits per heavy atom. The summed E-state index contributed by atoms with van der Waals surface area (Å²) < 4.78 is 31.7. The molecule has 0 aromatic heterocycles. The summed E-state index contributed by atoms with van der Waals surface area (Å²) in [6, 6.07) is 2.67. The molecule has 0 radical (unpaired) electrons. The summed E-state index contributed by atoms with van der Waals surface area (Å²) in [5.74, 6) is 0. The van der Waals surface area contributed by atoms with Gasteiger partial charge in [-0.25, -0.2) is 17.9 Å². The van der Waals surface area contributed by atoms with Gasteiger partial charge in [0.2, 0.25) is 10.0 Å². The number of carbonyl (C=O) groups excluding carboxylic acids is 1. The number of alkyl carbamates (subject to hydrolysis) is 1. The lowest BCUT2D eigenvalue weighted by molar-refractivity contribution is 0.0529. The smallest absolute Gasteiger partial charge is 0.407 e. The van der Waals surface area contributed by atoms with E-state index in [1.165, 1.54) is 12.1 Å². The van der Waals surface area contributed by atoms with Crippen molar-refractivity contribution >= 4 is 33.4 Å². The monoisotopic (exact) mass is 363 g/mol. The lowest BCUT2D eigenvalue weighted by atomic mass is 10.2. The number of hydrogen-bond donors (Lipinski definition) is 3. The zero-order chi connectivity index (χ0) is 17.8. The van der Waals surface area contributed by atoms with Crippen LogP contribution >= 0.6 is 11.6 Å². The molecule has 1 aromatic rings. The van der Waals surface area contributed by atoms with Gasteiger partial charge in [-0.3, -0.25) is 0 Å². The largest absolute Gasteiger partial charge is 0.444 e. The SMILES string of the molecule is Cc1c(N)cc(S(=O)(=O)NCCNC(=O)OC(C)(C)C)cc1Cl. The Kier molecular flexibility index (Phi) is 6.26. The van der Waals surface area contributed by atoms with Gasteiger partial charge < -0.3 is 15.8 Å². The number of amides is 1. The van der Waals surface area contributed by atoms with Crippen molar-refractivity contribution in [3.05, 3.63) is 22.7 Å². The minimum atomic E-state index is -3.76. The first-order valence-corrected chi connectivity index (χ1v) is 8.80. The van der Waals surface area contributed by atoms with E-state index in [2.05, 4.69) is 10.0 Å². The van der Waals surface area contributed by atoms with E-state index < -0.39 is 21.7 Å². The van der Waals surface area contributed by atoms with Crippen molar-refractivity contribution in [2.75, 3.05) is 18.8 Å². The average Bonchev–Trinajstić information content (AvgIpc) is 2.38. The molecule has 23 heavy (non-hydrogen) atoms. The van der Waals surface area contributed by atoms with Crippen LogP contribution in [0.15, 0.2) is 17.0 Å². The number of nitrogens with two attached hydrogens (primary N) is 1. The maximum Gasteiger partial charge on any atom is 0.407 e. The normalized spacial score (nSPS) is 12.0. The number of nitrogen functional groups attached to an aromatic ring is 1. The third-order valence-electron chi connectivity index (χ3n) is 2.75. The van der Waals surface area contributed by atoms with Crippen molar-refractivity contribution in [3.63, 3.8) is 0 Å². The Labute approximate surface area is 141 Å². The first-order chi connectivity index (χ1) is 10.4. The second-order valence-electron chi connectivity index (χ2n) is 5.95. The molecule has 0 saturated heterocycles. The molecule has 0 spiro atoms. The van der Waals surface area contributed by atoms with E-state index in [1.54, 1.807) is 27.7 Å². The van der Waals surface area contributed by atoms with E-state index in [-0.39, 0.29) is 23.0 Å². The average molecular weight is 364 g/mol. The summed E-state index contributed by atoms with van der Waals surface area (Å²) in [6.45, 7) is 7.00. The summed E-state index contributed by atoms with van der Waals surface area (Å²) in [5, 5.41) is 2.73. The highest BCUT2D eigenvalue weighted by Gasteiger charge is 2.18. The number of carbonyl (C=O) groups is 1. The molecule has 7 nitrogen and oxygen atoms in total. The first-order valence-electron chi connectivity index (χ1n) is 6.94. The molecule has 1 amide bonds. The molecule has 0 heterocycles. The van der Waals surface area contributed by atoms with Gasteiger partial charge in [-0.05, 0) is 45.4 Å². The third kappa shape index (κ3) is 6.25. The number of halogens is 1. The van der Waals surface area contributed by atoms with Crippen LogP contribution in [-0.4, -0.2) is 33.2 Å². The fraction of sp³-hybridized carbons (Fsp3) is 0.500. The van der Waals surface area contributed by atoms with Gasteiger partial charge in [0, 0.05) is 23.8 Å². The van der Waals surface area contributed by atoms with Crippen LogP contribution in [0.1, 0.15) is 26.3 Å². The molecule has 0 aliphatic carbocycles. The maximum atomic E-state index is 12.2. The number of hydrogen-bond acceptors (Lipinski definition) is 5. The van der Waals surface area contributed by atoms with Crippen molar-refractivity contribution < 1.29 is 17.9 Å². The van der Waals surface area contributed by atoms with E-state index in [0.717, 1.165) is 0 Å². The van der Waals surface area contributed by atoms with E-state index in [1.807, 2.05) is 0 Å². The van der Waals surface area contributed by atoms with Crippen molar-refractivity contribution in [1.29, 1.82) is 0 Å². The topological polar surface area (TPSA) is 111 Å². The van der Waals surface area contributed by atoms with Gasteiger partial charge in [0.05, 0.1) is 4.90 Å². The minimum absolute atomic E-state index is 0.00692. The van der Waals surface area contributed by atoms with Crippen LogP contribution < -0.4 is 15.8 Å². The van der Waals surface area contributed by atoms with Gasteiger partial charge in [-0.15, -0.1) is 0 Å². The summed E-state index contributed by atoms with van der Waals surface area (Å²) >= 11 is 5.94. The van der Waals surface area contributed by atoms with Crippen LogP contribution in [0.5, 0.6) is 0 Å². The van der Waals surface area contributed by atoms with Crippen LogP contribution in [0, 0.1) is 6.92 Å². The number of nitrogens with one attached hydrogen (secondary N) is 2. The van der Waals surface area contributed by atoms with E-state index in [9.17, 15) is 13.2 Å². The number of rotatable bonds is 5. The number of ether oxygens (including phenoxy) is 1. The van der Waals surface area contributed by atoms with Gasteiger partial charge in [0.25, 0.3) is 0 Å².